The molecule has 1 heterocycles. The van der Waals surface area contributed by atoms with Gasteiger partial charge in [0.05, 0.1) is 10.6 Å². The average Bonchev–Trinajstić information content (AvgIpc) is 2.50. The molecule has 0 saturated carbocycles. The van der Waals surface area contributed by atoms with Crippen LogP contribution in [0.1, 0.15) is 0 Å². The molecule has 1 aliphatic rings. The second-order valence-corrected chi connectivity index (χ2v) is 6.09. The topological polar surface area (TPSA) is 137 Å². The van der Waals surface area contributed by atoms with E-state index in [9.17, 15) is 22.8 Å². The molecule has 1 saturated heterocycles. The quantitative estimate of drug-likeness (QED) is 0.481. The lowest BCUT2D eigenvalue weighted by Gasteiger charge is -2.30. The number of hydrogen-bond acceptors (Lipinski definition) is 7. The smallest absolute Gasteiger partial charge is 0.282 e. The van der Waals surface area contributed by atoms with Gasteiger partial charge in [0.1, 0.15) is 0 Å². The highest BCUT2D eigenvalue weighted by molar-refractivity contribution is 7.85. The normalized spacial score (nSPS) is 17.4. The summed E-state index contributed by atoms with van der Waals surface area (Å²) in [6, 6.07) is 2.42. The van der Waals surface area contributed by atoms with Crippen LogP contribution in [0.15, 0.2) is 39.4 Å². The molecule has 0 radical (unpaired) electrons. The summed E-state index contributed by atoms with van der Waals surface area (Å²) in [5, 5.41) is 7.31. The van der Waals surface area contributed by atoms with Gasteiger partial charge >= 0.3 is 6.03 Å². The van der Waals surface area contributed by atoms with Crippen LogP contribution in [0.2, 0.25) is 0 Å². The number of amides is 4. The predicted molar refractivity (Wildman–Crippen MR) is 75.5 cm³/mol. The van der Waals surface area contributed by atoms with Crippen LogP contribution in [0.5, 0.6) is 0 Å². The van der Waals surface area contributed by atoms with Gasteiger partial charge in [0.25, 0.3) is 21.9 Å². The summed E-state index contributed by atoms with van der Waals surface area (Å²) in [6.45, 7) is 0. The summed E-state index contributed by atoms with van der Waals surface area (Å²) < 4.78 is 30.7. The fraction of sp³-hybridized carbons (Fsp3) is 0.250. The molecule has 4 amide bonds. The number of hydrogen-bond donors (Lipinski definition) is 1. The number of rotatable bonds is 3. The van der Waals surface area contributed by atoms with E-state index >= 15 is 0 Å². The Balaban J connectivity index is 2.24. The molecule has 23 heavy (non-hydrogen) atoms. The molecule has 11 heteroatoms. The summed E-state index contributed by atoms with van der Waals surface area (Å²) >= 11 is 0. The standard InChI is InChI=1S/C12H12N4O6S/c1-15-10(17)9(11(18)16(2)12(15)19)14-13-7-3-5-8(6-4-7)23(20,21)22/h3-6,9H,1-2H3,(H,20,21,22). The van der Waals surface area contributed by atoms with E-state index < -0.39 is 34.0 Å². The predicted octanol–water partition coefficient (Wildman–Crippen LogP) is 0.436. The molecule has 0 unspecified atom stereocenters. The summed E-state index contributed by atoms with van der Waals surface area (Å²) in [4.78, 5) is 36.5. The Morgan fingerprint density at radius 2 is 1.48 bits per heavy atom. The van der Waals surface area contributed by atoms with Gasteiger partial charge < -0.3 is 0 Å². The zero-order valence-electron chi connectivity index (χ0n) is 12.1. The van der Waals surface area contributed by atoms with Crippen LogP contribution in [0.3, 0.4) is 0 Å². The zero-order chi connectivity index (χ0) is 17.4. The Kier molecular flexibility index (Phi) is 4.25. The van der Waals surface area contributed by atoms with Crippen molar-refractivity contribution >= 4 is 33.7 Å². The molecule has 0 bridgehead atoms. The number of azo groups is 1. The Morgan fingerprint density at radius 1 is 1.00 bits per heavy atom. The number of nitrogens with zero attached hydrogens (tertiary/aromatic N) is 4. The van der Waals surface area contributed by atoms with Gasteiger partial charge in [0, 0.05) is 14.1 Å². The molecule has 2 rings (SSSR count). The highest BCUT2D eigenvalue weighted by Crippen LogP contribution is 2.19. The van der Waals surface area contributed by atoms with Crippen molar-refractivity contribution in [2.24, 2.45) is 10.2 Å². The van der Waals surface area contributed by atoms with Crippen molar-refractivity contribution < 1.29 is 27.4 Å². The van der Waals surface area contributed by atoms with E-state index in [0.717, 1.165) is 21.9 Å². The van der Waals surface area contributed by atoms with Gasteiger partial charge in [-0.15, -0.1) is 0 Å². The van der Waals surface area contributed by atoms with E-state index in [1.165, 1.54) is 26.2 Å². The second kappa shape index (κ2) is 5.85. The van der Waals surface area contributed by atoms with Crippen LogP contribution in [-0.2, 0) is 19.7 Å². The van der Waals surface area contributed by atoms with Gasteiger partial charge in [-0.3, -0.25) is 23.9 Å². The fourth-order valence-electron chi connectivity index (χ4n) is 1.79. The van der Waals surface area contributed by atoms with E-state index in [1.807, 2.05) is 0 Å². The number of benzene rings is 1. The van der Waals surface area contributed by atoms with Crippen molar-refractivity contribution in [2.45, 2.75) is 10.9 Å². The highest BCUT2D eigenvalue weighted by Gasteiger charge is 2.42. The Hall–Kier alpha value is -2.66. The monoisotopic (exact) mass is 340 g/mol. The van der Waals surface area contributed by atoms with Crippen LogP contribution in [-0.4, -0.2) is 60.8 Å². The first kappa shape index (κ1) is 16.7. The largest absolute Gasteiger partial charge is 0.333 e. The zero-order valence-corrected chi connectivity index (χ0v) is 12.9. The molecule has 0 aromatic heterocycles. The Morgan fingerprint density at radius 3 is 1.91 bits per heavy atom. The van der Waals surface area contributed by atoms with E-state index in [4.69, 9.17) is 4.55 Å². The maximum Gasteiger partial charge on any atom is 0.333 e. The third kappa shape index (κ3) is 3.24. The lowest BCUT2D eigenvalue weighted by molar-refractivity contribution is -0.143. The van der Waals surface area contributed by atoms with Crippen LogP contribution >= 0.6 is 0 Å². The van der Waals surface area contributed by atoms with Gasteiger partial charge in [0.2, 0.25) is 6.04 Å². The number of urea groups is 1. The van der Waals surface area contributed by atoms with Crippen LogP contribution in [0.25, 0.3) is 0 Å². The third-order valence-corrected chi connectivity index (χ3v) is 3.99. The Labute approximate surface area is 131 Å². The molecule has 1 aromatic rings. The van der Waals surface area contributed by atoms with E-state index in [2.05, 4.69) is 10.2 Å². The molecular formula is C12H12N4O6S. The molecule has 1 fully saturated rings. The SMILES string of the molecule is CN1C(=O)C(N=Nc2ccc(S(=O)(=O)O)cc2)C(=O)N(C)C1=O. The first-order valence-electron chi connectivity index (χ1n) is 6.20. The highest BCUT2D eigenvalue weighted by atomic mass is 32.2. The maximum absolute atomic E-state index is 11.9. The molecule has 122 valence electrons. The van der Waals surface area contributed by atoms with E-state index in [0.29, 0.717) is 0 Å². The lowest BCUT2D eigenvalue weighted by atomic mass is 10.2. The molecule has 0 spiro atoms. The second-order valence-electron chi connectivity index (χ2n) is 4.66. The summed E-state index contributed by atoms with van der Waals surface area (Å²) in [5.74, 6) is -1.62. The first-order chi connectivity index (χ1) is 10.6. The van der Waals surface area contributed by atoms with Gasteiger partial charge in [0.15, 0.2) is 0 Å². The molecule has 0 aliphatic carbocycles. The van der Waals surface area contributed by atoms with Crippen molar-refractivity contribution in [3.8, 4) is 0 Å². The van der Waals surface area contributed by atoms with Gasteiger partial charge in [-0.1, -0.05) is 0 Å². The van der Waals surface area contributed by atoms with Crippen LogP contribution in [0, 0.1) is 0 Å². The minimum atomic E-state index is -4.32. The van der Waals surface area contributed by atoms with E-state index in [1.54, 1.807) is 0 Å². The number of carbonyl (C=O) groups excluding carboxylic acids is 3. The molecule has 1 N–H and O–H groups in total. The van der Waals surface area contributed by atoms with Gasteiger partial charge in [-0.2, -0.15) is 18.6 Å². The molecule has 0 atom stereocenters. The van der Waals surface area contributed by atoms with Crippen LogP contribution < -0.4 is 0 Å². The van der Waals surface area contributed by atoms with Crippen LogP contribution in [0.4, 0.5) is 10.5 Å². The van der Waals surface area contributed by atoms with Crippen molar-refractivity contribution in [1.82, 2.24) is 9.80 Å². The maximum atomic E-state index is 11.9. The molecule has 10 nitrogen and oxygen atoms in total. The Bertz CT molecular complexity index is 777. The summed E-state index contributed by atoms with van der Waals surface area (Å²) in [5.41, 5.74) is 0.167. The van der Waals surface area contributed by atoms with Crippen molar-refractivity contribution in [2.75, 3.05) is 14.1 Å². The molecule has 1 aromatic carbocycles. The van der Waals surface area contributed by atoms with Gasteiger partial charge in [-0.25, -0.2) is 4.79 Å². The van der Waals surface area contributed by atoms with Gasteiger partial charge in [-0.05, 0) is 24.3 Å². The third-order valence-electron chi connectivity index (χ3n) is 3.13. The van der Waals surface area contributed by atoms with Crippen molar-refractivity contribution in [1.29, 1.82) is 0 Å². The summed E-state index contributed by atoms with van der Waals surface area (Å²) in [6.07, 6.45) is 0. The van der Waals surface area contributed by atoms with E-state index in [-0.39, 0.29) is 10.6 Å². The molecular weight excluding hydrogens is 328 g/mol. The summed E-state index contributed by atoms with van der Waals surface area (Å²) in [7, 11) is -1.89. The number of carbonyl (C=O) groups is 3. The number of likely N-dealkylation sites (N-methyl/N-ethyl adjacent to an activating group) is 2. The minimum absolute atomic E-state index is 0.167. The first-order valence-corrected chi connectivity index (χ1v) is 7.64. The lowest BCUT2D eigenvalue weighted by Crippen LogP contribution is -2.58. The van der Waals surface area contributed by atoms with Crippen molar-refractivity contribution in [3.63, 3.8) is 0 Å². The average molecular weight is 340 g/mol. The molecule has 1 aliphatic heterocycles. The number of imide groups is 2. The van der Waals surface area contributed by atoms with Crippen molar-refractivity contribution in [3.05, 3.63) is 24.3 Å². The minimum Gasteiger partial charge on any atom is -0.282 e. The fourth-order valence-corrected chi connectivity index (χ4v) is 2.27. The number of barbiturate groups is 1.